The molecule has 0 rings (SSSR count). The number of hydrogen-bond donors (Lipinski definition) is 2. The van der Waals surface area contributed by atoms with Crippen LogP contribution >= 0.6 is 0 Å². The highest BCUT2D eigenvalue weighted by atomic mass is 79.9. The fraction of sp³-hybridized carbons (Fsp3) is 0.714. The summed E-state index contributed by atoms with van der Waals surface area (Å²) >= 11 is 0. The number of hydrogen-bond acceptors (Lipinski definition) is 2. The fourth-order valence-corrected chi connectivity index (χ4v) is 0.754. The molecule has 11 heavy (non-hydrogen) atoms. The Morgan fingerprint density at radius 2 is 1.91 bits per heavy atom. The maximum Gasteiger partial charge on any atom is 0.202 e. The number of likely N-dealkylation sites (N-methyl/N-ethyl adjacent to an activating group) is 1. The number of rotatable bonds is 3. The maximum absolute atomic E-state index is 8.59. The molecule has 0 aromatic heterocycles. The van der Waals surface area contributed by atoms with E-state index in [1.54, 1.807) is 0 Å². The largest absolute Gasteiger partial charge is 1.00 e. The predicted octanol–water partition coefficient (Wildman–Crippen LogP) is -3.99. The third kappa shape index (κ3) is 7.82. The molecule has 0 fully saturated rings. The molecule has 0 aromatic rings. The van der Waals surface area contributed by atoms with Gasteiger partial charge in [-0.25, -0.2) is 0 Å². The standard InChI is InChI=1S/C7H14NO2.BrH/c1-4-5-8(2,3)6-7(9)10;/h1,7,9-10H,5-6H2,2-3H3;1H/q+1;/p-1. The molecular weight excluding hydrogens is 210 g/mol. The number of aliphatic hydroxyl groups is 2. The van der Waals surface area contributed by atoms with Crippen molar-refractivity contribution < 1.29 is 31.7 Å². The third-order valence-electron chi connectivity index (χ3n) is 1.18. The van der Waals surface area contributed by atoms with Crippen LogP contribution in [-0.2, 0) is 0 Å². The van der Waals surface area contributed by atoms with E-state index in [4.69, 9.17) is 16.6 Å². The van der Waals surface area contributed by atoms with Crippen LogP contribution in [0, 0.1) is 12.3 Å². The molecule has 3 nitrogen and oxygen atoms in total. The zero-order chi connectivity index (χ0) is 8.20. The van der Waals surface area contributed by atoms with E-state index in [2.05, 4.69) is 5.92 Å². The van der Waals surface area contributed by atoms with Gasteiger partial charge in [0.2, 0.25) is 6.29 Å². The lowest BCUT2D eigenvalue weighted by molar-refractivity contribution is -0.889. The molecule has 0 aliphatic carbocycles. The lowest BCUT2D eigenvalue weighted by atomic mass is 10.4. The Hall–Kier alpha value is -0.0800. The van der Waals surface area contributed by atoms with E-state index in [1.165, 1.54) is 0 Å². The summed E-state index contributed by atoms with van der Waals surface area (Å²) in [5.74, 6) is 2.46. The Labute approximate surface area is 78.0 Å². The van der Waals surface area contributed by atoms with Crippen molar-refractivity contribution in [1.29, 1.82) is 0 Å². The van der Waals surface area contributed by atoms with Gasteiger partial charge in [0, 0.05) is 0 Å². The molecule has 0 aromatic carbocycles. The van der Waals surface area contributed by atoms with Crippen LogP contribution in [0.2, 0.25) is 0 Å². The summed E-state index contributed by atoms with van der Waals surface area (Å²) in [5.41, 5.74) is 0. The highest BCUT2D eigenvalue weighted by Crippen LogP contribution is 1.96. The van der Waals surface area contributed by atoms with Gasteiger partial charge in [-0.2, -0.15) is 0 Å². The van der Waals surface area contributed by atoms with Crippen molar-refractivity contribution in [3.63, 3.8) is 0 Å². The van der Waals surface area contributed by atoms with E-state index in [9.17, 15) is 0 Å². The second-order valence-electron chi connectivity index (χ2n) is 2.96. The minimum Gasteiger partial charge on any atom is -1.00 e. The quantitative estimate of drug-likeness (QED) is 0.291. The zero-order valence-corrected chi connectivity index (χ0v) is 8.37. The summed E-state index contributed by atoms with van der Waals surface area (Å²) < 4.78 is 0.439. The summed E-state index contributed by atoms with van der Waals surface area (Å²) in [6.07, 6.45) is 3.79. The van der Waals surface area contributed by atoms with Gasteiger partial charge in [-0.3, -0.25) is 0 Å². The van der Waals surface area contributed by atoms with Gasteiger partial charge >= 0.3 is 0 Å². The Bertz CT molecular complexity index is 140. The number of nitrogens with zero attached hydrogens (tertiary/aromatic N) is 1. The zero-order valence-electron chi connectivity index (χ0n) is 6.79. The summed E-state index contributed by atoms with van der Waals surface area (Å²) in [7, 11) is 3.69. The Balaban J connectivity index is 0. The number of quaternary nitrogens is 1. The van der Waals surface area contributed by atoms with Crippen molar-refractivity contribution in [2.75, 3.05) is 27.2 Å². The van der Waals surface area contributed by atoms with Gasteiger partial charge in [0.15, 0.2) is 0 Å². The predicted molar refractivity (Wildman–Crippen MR) is 38.9 cm³/mol. The summed E-state index contributed by atoms with van der Waals surface area (Å²) in [6, 6.07) is 0. The van der Waals surface area contributed by atoms with Gasteiger partial charge in [0.1, 0.15) is 13.1 Å². The molecule has 0 radical (unpaired) electrons. The van der Waals surface area contributed by atoms with E-state index in [0.29, 0.717) is 11.0 Å². The van der Waals surface area contributed by atoms with Crippen molar-refractivity contribution in [2.45, 2.75) is 6.29 Å². The molecule has 66 valence electrons. The SMILES string of the molecule is C#CC[N+](C)(C)CC(O)O.[Br-]. The summed E-state index contributed by atoms with van der Waals surface area (Å²) in [6.45, 7) is 0.780. The molecule has 0 unspecified atom stereocenters. The van der Waals surface area contributed by atoms with Gasteiger partial charge in [0.25, 0.3) is 0 Å². The van der Waals surface area contributed by atoms with Gasteiger partial charge in [-0.1, -0.05) is 0 Å². The van der Waals surface area contributed by atoms with E-state index in [0.717, 1.165) is 0 Å². The first kappa shape index (κ1) is 13.5. The Morgan fingerprint density at radius 3 is 2.18 bits per heavy atom. The summed E-state index contributed by atoms with van der Waals surface area (Å²) in [5, 5.41) is 17.2. The molecule has 0 bridgehead atoms. The van der Waals surface area contributed by atoms with E-state index >= 15 is 0 Å². The number of terminal acetylenes is 1. The van der Waals surface area contributed by atoms with Crippen LogP contribution in [0.1, 0.15) is 0 Å². The average Bonchev–Trinajstić information content (AvgIpc) is 1.59. The summed E-state index contributed by atoms with van der Waals surface area (Å²) in [4.78, 5) is 0. The molecule has 4 heteroatoms. The van der Waals surface area contributed by atoms with Crippen molar-refractivity contribution in [3.05, 3.63) is 0 Å². The van der Waals surface area contributed by atoms with Crippen molar-refractivity contribution in [1.82, 2.24) is 0 Å². The fourth-order valence-electron chi connectivity index (χ4n) is 0.754. The average molecular weight is 224 g/mol. The second-order valence-corrected chi connectivity index (χ2v) is 2.96. The molecule has 0 atom stereocenters. The smallest absolute Gasteiger partial charge is 0.202 e. The molecule has 0 aliphatic heterocycles. The lowest BCUT2D eigenvalue weighted by Crippen LogP contribution is -3.00. The van der Waals surface area contributed by atoms with Gasteiger partial charge in [-0.05, 0) is 5.92 Å². The molecule has 0 saturated heterocycles. The van der Waals surface area contributed by atoms with Crippen LogP contribution in [0.3, 0.4) is 0 Å². The first-order valence-corrected chi connectivity index (χ1v) is 3.09. The molecule has 0 spiro atoms. The first-order chi connectivity index (χ1) is 4.48. The first-order valence-electron chi connectivity index (χ1n) is 3.09. The van der Waals surface area contributed by atoms with Crippen LogP contribution in [0.25, 0.3) is 0 Å². The van der Waals surface area contributed by atoms with Crippen LogP contribution in [0.5, 0.6) is 0 Å². The van der Waals surface area contributed by atoms with Crippen molar-refractivity contribution in [3.8, 4) is 12.3 Å². The molecular formula is C7H14BrNO2. The highest BCUT2D eigenvalue weighted by Gasteiger charge is 2.16. The monoisotopic (exact) mass is 223 g/mol. The minimum absolute atomic E-state index is 0. The van der Waals surface area contributed by atoms with Crippen LogP contribution < -0.4 is 17.0 Å². The lowest BCUT2D eigenvalue weighted by Gasteiger charge is -2.27. The number of aliphatic hydroxyl groups excluding tert-OH is 1. The Kier molecular flexibility index (Phi) is 6.82. The van der Waals surface area contributed by atoms with Gasteiger partial charge in [-0.15, -0.1) is 6.42 Å². The molecule has 0 aliphatic rings. The number of halogens is 1. The van der Waals surface area contributed by atoms with Crippen LogP contribution in [-0.4, -0.2) is 48.2 Å². The highest BCUT2D eigenvalue weighted by molar-refractivity contribution is 4.83. The van der Waals surface area contributed by atoms with Crippen LogP contribution in [0.15, 0.2) is 0 Å². The van der Waals surface area contributed by atoms with Crippen molar-refractivity contribution >= 4 is 0 Å². The molecule has 0 heterocycles. The van der Waals surface area contributed by atoms with Crippen molar-refractivity contribution in [2.24, 2.45) is 0 Å². The van der Waals surface area contributed by atoms with E-state index in [-0.39, 0.29) is 23.5 Å². The normalized spacial score (nSPS) is 10.5. The van der Waals surface area contributed by atoms with E-state index < -0.39 is 6.29 Å². The molecule has 2 N–H and O–H groups in total. The Morgan fingerprint density at radius 1 is 1.45 bits per heavy atom. The van der Waals surface area contributed by atoms with Gasteiger partial charge < -0.3 is 31.7 Å². The third-order valence-corrected chi connectivity index (χ3v) is 1.18. The van der Waals surface area contributed by atoms with Crippen LogP contribution in [0.4, 0.5) is 0 Å². The maximum atomic E-state index is 8.59. The molecule has 0 amide bonds. The van der Waals surface area contributed by atoms with Gasteiger partial charge in [0.05, 0.1) is 14.1 Å². The van der Waals surface area contributed by atoms with E-state index in [1.807, 2.05) is 14.1 Å². The molecule has 0 saturated carbocycles. The topological polar surface area (TPSA) is 40.5 Å². The minimum atomic E-state index is -1.27. The second kappa shape index (κ2) is 5.56.